The van der Waals surface area contributed by atoms with Crippen molar-refractivity contribution in [1.29, 1.82) is 0 Å². The summed E-state index contributed by atoms with van der Waals surface area (Å²) in [6.45, 7) is 12.8. The van der Waals surface area contributed by atoms with Gasteiger partial charge in [0.15, 0.2) is 0 Å². The maximum absolute atomic E-state index is 2.56. The normalized spacial score (nSPS) is 14.6. The maximum Gasteiger partial charge on any atom is 0.0879 e. The third kappa shape index (κ3) is 4.02. The van der Waals surface area contributed by atoms with Crippen LogP contribution in [0.2, 0.25) is 31.7 Å². The van der Waals surface area contributed by atoms with E-state index in [0.29, 0.717) is 11.1 Å². The summed E-state index contributed by atoms with van der Waals surface area (Å²) in [5.41, 5.74) is 2.77. The van der Waals surface area contributed by atoms with Gasteiger partial charge < -0.3 is 0 Å². The molecule has 0 N–H and O–H groups in total. The van der Waals surface area contributed by atoms with Crippen molar-refractivity contribution in [3.05, 3.63) is 96.6 Å². The van der Waals surface area contributed by atoms with E-state index < -0.39 is 16.1 Å². The molecule has 0 saturated carbocycles. The molecule has 0 saturated heterocycles. The largest absolute Gasteiger partial charge is 0.0879 e. The van der Waals surface area contributed by atoms with E-state index in [1.807, 2.05) is 0 Å². The molecule has 2 unspecified atom stereocenters. The number of benzene rings is 3. The third-order valence-corrected chi connectivity index (χ3v) is 15.6. The fraction of sp³-hybridized carbons (Fsp3) is 0.280. The summed E-state index contributed by atoms with van der Waals surface area (Å²) in [5.74, 6) is 0. The molecule has 3 rings (SSSR count). The van der Waals surface area contributed by atoms with Crippen molar-refractivity contribution in [3.8, 4) is 0 Å². The number of rotatable bonds is 6. The van der Waals surface area contributed by atoms with Crippen LogP contribution in [-0.2, 0) is 0 Å². The minimum atomic E-state index is -1.72. The van der Waals surface area contributed by atoms with Gasteiger partial charge in [0.1, 0.15) is 0 Å². The second-order valence-corrected chi connectivity index (χ2v) is 18.4. The fourth-order valence-corrected chi connectivity index (χ4v) is 13.4. The summed E-state index contributed by atoms with van der Waals surface area (Å²) in [6, 6.07) is 33.8. The van der Waals surface area contributed by atoms with Gasteiger partial charge >= 0.3 is 0 Å². The summed E-state index contributed by atoms with van der Waals surface area (Å²) in [5, 5.41) is 3.12. The summed E-state index contributed by atoms with van der Waals surface area (Å²) < 4.78 is 0. The molecule has 0 radical (unpaired) electrons. The summed E-state index contributed by atoms with van der Waals surface area (Å²) in [6.07, 6.45) is 0. The molecule has 140 valence electrons. The van der Waals surface area contributed by atoms with E-state index in [4.69, 9.17) is 0 Å². The Labute approximate surface area is 167 Å². The van der Waals surface area contributed by atoms with Gasteiger partial charge in [0.25, 0.3) is 0 Å². The lowest BCUT2D eigenvalue weighted by molar-refractivity contribution is 0.817. The van der Waals surface area contributed by atoms with E-state index in [9.17, 15) is 0 Å². The highest BCUT2D eigenvalue weighted by atomic mass is 28.3. The van der Waals surface area contributed by atoms with Gasteiger partial charge in [-0.15, -0.1) is 0 Å². The smallest absolute Gasteiger partial charge is 0.0652 e. The Morgan fingerprint density at radius 3 is 1.33 bits per heavy atom. The van der Waals surface area contributed by atoms with E-state index in [-0.39, 0.29) is 0 Å². The minimum Gasteiger partial charge on any atom is -0.0652 e. The Balaban J connectivity index is 2.11. The Morgan fingerprint density at radius 2 is 0.889 bits per heavy atom. The maximum atomic E-state index is 2.56. The van der Waals surface area contributed by atoms with Gasteiger partial charge in [0.2, 0.25) is 0 Å². The molecule has 3 aromatic rings. The highest BCUT2D eigenvalue weighted by Crippen LogP contribution is 2.42. The molecule has 0 aromatic heterocycles. The first kappa shape index (κ1) is 19.8. The van der Waals surface area contributed by atoms with Crippen LogP contribution in [-0.4, -0.2) is 16.1 Å². The molecule has 0 aliphatic heterocycles. The molecule has 0 aliphatic carbocycles. The van der Waals surface area contributed by atoms with Crippen LogP contribution in [0, 0.1) is 0 Å². The molecule has 0 bridgehead atoms. The molecule has 3 aromatic carbocycles. The SMILES string of the molecule is CC(C(c1ccccc1)[Si](C)(C)c1ccccc1)[Si](C)(C)c1ccccc1. The first-order chi connectivity index (χ1) is 12.8. The van der Waals surface area contributed by atoms with Gasteiger partial charge in [0, 0.05) is 0 Å². The molecule has 0 aliphatic rings. The van der Waals surface area contributed by atoms with Crippen molar-refractivity contribution >= 4 is 26.5 Å². The van der Waals surface area contributed by atoms with Crippen molar-refractivity contribution in [2.75, 3.05) is 0 Å². The van der Waals surface area contributed by atoms with Gasteiger partial charge in [0.05, 0.1) is 16.1 Å². The van der Waals surface area contributed by atoms with Crippen LogP contribution >= 0.6 is 0 Å². The Bertz CT molecular complexity index is 839. The van der Waals surface area contributed by atoms with Crippen molar-refractivity contribution in [2.24, 2.45) is 0 Å². The molecule has 2 atom stereocenters. The quantitative estimate of drug-likeness (QED) is 0.459. The first-order valence-corrected chi connectivity index (χ1v) is 16.2. The van der Waals surface area contributed by atoms with Crippen LogP contribution in [0.3, 0.4) is 0 Å². The average Bonchev–Trinajstić information content (AvgIpc) is 2.70. The lowest BCUT2D eigenvalue weighted by atomic mass is 10.1. The fourth-order valence-electron chi connectivity index (χ4n) is 4.59. The first-order valence-electron chi connectivity index (χ1n) is 10.0. The van der Waals surface area contributed by atoms with Crippen LogP contribution in [0.25, 0.3) is 0 Å². The Morgan fingerprint density at radius 1 is 0.519 bits per heavy atom. The van der Waals surface area contributed by atoms with Gasteiger partial charge in [-0.2, -0.15) is 0 Å². The Hall–Kier alpha value is -1.91. The van der Waals surface area contributed by atoms with Gasteiger partial charge in [-0.3, -0.25) is 0 Å². The zero-order valence-electron chi connectivity index (χ0n) is 17.3. The van der Waals surface area contributed by atoms with E-state index in [0.717, 1.165) is 0 Å². The third-order valence-electron chi connectivity index (χ3n) is 6.61. The molecular formula is C25H32Si2. The van der Waals surface area contributed by atoms with Crippen LogP contribution in [0.4, 0.5) is 0 Å². The van der Waals surface area contributed by atoms with Crippen molar-refractivity contribution in [2.45, 2.75) is 44.2 Å². The predicted molar refractivity (Wildman–Crippen MR) is 126 cm³/mol. The van der Waals surface area contributed by atoms with Gasteiger partial charge in [-0.05, 0) is 16.6 Å². The summed E-state index contributed by atoms with van der Waals surface area (Å²) in [4.78, 5) is 0. The molecule has 0 amide bonds. The van der Waals surface area contributed by atoms with Crippen LogP contribution in [0.1, 0.15) is 18.0 Å². The van der Waals surface area contributed by atoms with E-state index in [1.54, 1.807) is 10.4 Å². The number of hydrogen-bond donors (Lipinski definition) is 0. The molecule has 2 heteroatoms. The zero-order valence-corrected chi connectivity index (χ0v) is 19.3. The van der Waals surface area contributed by atoms with Crippen molar-refractivity contribution in [1.82, 2.24) is 0 Å². The lowest BCUT2D eigenvalue weighted by Crippen LogP contribution is -2.56. The van der Waals surface area contributed by atoms with Crippen LogP contribution < -0.4 is 10.4 Å². The molecule has 0 spiro atoms. The molecule has 0 nitrogen and oxygen atoms in total. The second-order valence-electron chi connectivity index (χ2n) is 8.85. The molecule has 0 heterocycles. The average molecular weight is 389 g/mol. The van der Waals surface area contributed by atoms with Crippen LogP contribution in [0.15, 0.2) is 91.0 Å². The van der Waals surface area contributed by atoms with Crippen molar-refractivity contribution in [3.63, 3.8) is 0 Å². The summed E-state index contributed by atoms with van der Waals surface area (Å²) in [7, 11) is -3.36. The van der Waals surface area contributed by atoms with Gasteiger partial charge in [-0.25, -0.2) is 0 Å². The zero-order chi connectivity index (χ0) is 19.5. The highest BCUT2D eigenvalue weighted by molar-refractivity contribution is 6.96. The number of hydrogen-bond acceptors (Lipinski definition) is 0. The predicted octanol–water partition coefficient (Wildman–Crippen LogP) is 5.93. The van der Waals surface area contributed by atoms with E-state index in [1.165, 1.54) is 5.56 Å². The monoisotopic (exact) mass is 388 g/mol. The highest BCUT2D eigenvalue weighted by Gasteiger charge is 2.44. The molecular weight excluding hydrogens is 356 g/mol. The van der Waals surface area contributed by atoms with Crippen LogP contribution in [0.5, 0.6) is 0 Å². The van der Waals surface area contributed by atoms with E-state index >= 15 is 0 Å². The topological polar surface area (TPSA) is 0 Å². The standard InChI is InChI=1S/C25H32Si2/c1-21(26(2,3)23-17-11-7-12-18-23)25(22-15-9-6-10-16-22)27(4,5)24-19-13-8-14-20-24/h6-21,25H,1-5H3. The summed E-state index contributed by atoms with van der Waals surface area (Å²) >= 11 is 0. The molecule has 0 fully saturated rings. The second kappa shape index (κ2) is 7.99. The molecule has 27 heavy (non-hydrogen) atoms. The lowest BCUT2D eigenvalue weighted by Gasteiger charge is -2.44. The van der Waals surface area contributed by atoms with Crippen molar-refractivity contribution < 1.29 is 0 Å². The Kier molecular flexibility index (Phi) is 5.88. The van der Waals surface area contributed by atoms with Gasteiger partial charge in [-0.1, -0.05) is 134 Å². The minimum absolute atomic E-state index is 0.600. The van der Waals surface area contributed by atoms with E-state index in [2.05, 4.69) is 124 Å².